The van der Waals surface area contributed by atoms with Crippen molar-refractivity contribution in [2.24, 2.45) is 17.8 Å². The molecule has 36 heavy (non-hydrogen) atoms. The zero-order valence-electron chi connectivity index (χ0n) is 22.6. The number of rotatable bonds is 6. The normalized spacial score (nSPS) is 21.6. The molecule has 0 radical (unpaired) electrons. The van der Waals surface area contributed by atoms with Crippen LogP contribution in [0.25, 0.3) is 5.70 Å². The van der Waals surface area contributed by atoms with Crippen LogP contribution in [0.1, 0.15) is 77.0 Å². The first-order valence-electron chi connectivity index (χ1n) is 13.4. The Balaban J connectivity index is 1.70. The third kappa shape index (κ3) is 6.31. The summed E-state index contributed by atoms with van der Waals surface area (Å²) < 4.78 is 8.00. The molecule has 1 aromatic carbocycles. The van der Waals surface area contributed by atoms with Crippen molar-refractivity contribution in [3.8, 4) is 10.8 Å². The molecule has 0 amide bonds. The summed E-state index contributed by atoms with van der Waals surface area (Å²) in [5, 5.41) is 11.0. The Morgan fingerprint density at radius 2 is 1.92 bits per heavy atom. The van der Waals surface area contributed by atoms with Gasteiger partial charge in [-0.1, -0.05) is 51.2 Å². The van der Waals surface area contributed by atoms with Crippen LogP contribution < -0.4 is 4.74 Å². The summed E-state index contributed by atoms with van der Waals surface area (Å²) in [6.45, 7) is 15.0. The topological polar surface area (TPSA) is 49.8 Å². The Morgan fingerprint density at radius 3 is 2.64 bits per heavy atom. The van der Waals surface area contributed by atoms with Gasteiger partial charge in [-0.25, -0.2) is 0 Å². The predicted octanol–water partition coefficient (Wildman–Crippen LogP) is 8.49. The lowest BCUT2D eigenvalue weighted by atomic mass is 9.83. The number of thioether (sulfide) groups is 1. The minimum Gasteiger partial charge on any atom is -0.481 e. The number of carboxylic acid groups (broad SMARTS) is 1. The molecule has 3 heterocycles. The third-order valence-corrected chi connectivity index (χ3v) is 9.87. The summed E-state index contributed by atoms with van der Waals surface area (Å²) in [5.41, 5.74) is 6.46. The standard InChI is InChI=1S/C30H41NO3S2/c1-18(2)35-27-17-25-28(31-13-11-20(4)24(12-14-31)16-22(6)29(32)33)21(5)8-10-23-9-7-19(3)15-26(23)34-30(25)36-27/h7,9,15,17-18,20,22,24H,8,10-14,16H2,1-6H3,(H,32,33). The van der Waals surface area contributed by atoms with Crippen molar-refractivity contribution in [3.63, 3.8) is 0 Å². The molecule has 3 unspecified atom stereocenters. The van der Waals surface area contributed by atoms with Gasteiger partial charge in [-0.2, -0.15) is 0 Å². The van der Waals surface area contributed by atoms with Crippen LogP contribution in [0.5, 0.6) is 10.8 Å². The van der Waals surface area contributed by atoms with E-state index in [2.05, 4.69) is 63.8 Å². The third-order valence-electron chi connectivity index (χ3n) is 7.70. The van der Waals surface area contributed by atoms with Crippen LogP contribution in [-0.4, -0.2) is 34.3 Å². The van der Waals surface area contributed by atoms with Gasteiger partial charge in [0.25, 0.3) is 0 Å². The lowest BCUT2D eigenvalue weighted by Gasteiger charge is -2.28. The van der Waals surface area contributed by atoms with E-state index < -0.39 is 5.97 Å². The molecular weight excluding hydrogens is 486 g/mol. The lowest BCUT2D eigenvalue weighted by Crippen LogP contribution is -2.25. The lowest BCUT2D eigenvalue weighted by molar-refractivity contribution is -0.141. The Labute approximate surface area is 225 Å². The van der Waals surface area contributed by atoms with E-state index in [9.17, 15) is 9.90 Å². The Kier molecular flexibility index (Phi) is 8.77. The maximum absolute atomic E-state index is 11.5. The number of fused-ring (bicyclic) bond motifs is 2. The molecule has 4 nitrogen and oxygen atoms in total. The number of allylic oxidation sites excluding steroid dienone is 1. The van der Waals surface area contributed by atoms with E-state index in [4.69, 9.17) is 4.74 Å². The fraction of sp³-hybridized carbons (Fsp3) is 0.567. The monoisotopic (exact) mass is 527 g/mol. The highest BCUT2D eigenvalue weighted by molar-refractivity contribution is 8.01. The van der Waals surface area contributed by atoms with Gasteiger partial charge in [0.1, 0.15) is 5.75 Å². The van der Waals surface area contributed by atoms with Gasteiger partial charge in [0.2, 0.25) is 0 Å². The van der Waals surface area contributed by atoms with Gasteiger partial charge in [0, 0.05) is 24.0 Å². The van der Waals surface area contributed by atoms with Crippen LogP contribution >= 0.6 is 23.1 Å². The Hall–Kier alpha value is -1.92. The van der Waals surface area contributed by atoms with Gasteiger partial charge < -0.3 is 14.7 Å². The van der Waals surface area contributed by atoms with Gasteiger partial charge in [-0.15, -0.1) is 11.8 Å². The van der Waals surface area contributed by atoms with Crippen molar-refractivity contribution < 1.29 is 14.6 Å². The van der Waals surface area contributed by atoms with Crippen LogP contribution in [0.4, 0.5) is 0 Å². The number of benzene rings is 1. The number of carboxylic acids is 1. The number of likely N-dealkylation sites (tertiary alicyclic amines) is 1. The molecule has 1 fully saturated rings. The van der Waals surface area contributed by atoms with Gasteiger partial charge in [0.15, 0.2) is 5.06 Å². The summed E-state index contributed by atoms with van der Waals surface area (Å²) in [6, 6.07) is 8.94. The first-order chi connectivity index (χ1) is 17.1. The number of hydrogen-bond acceptors (Lipinski definition) is 5. The molecule has 1 saturated heterocycles. The van der Waals surface area contributed by atoms with Gasteiger partial charge in [0.05, 0.1) is 15.7 Å². The summed E-state index contributed by atoms with van der Waals surface area (Å²) in [5.74, 6) is 0.982. The quantitative estimate of drug-likeness (QED) is 0.382. The van der Waals surface area contributed by atoms with E-state index >= 15 is 0 Å². The van der Waals surface area contributed by atoms with Crippen LogP contribution in [0.2, 0.25) is 0 Å². The van der Waals surface area contributed by atoms with Crippen molar-refractivity contribution in [3.05, 3.63) is 46.5 Å². The highest BCUT2D eigenvalue weighted by Gasteiger charge is 2.30. The van der Waals surface area contributed by atoms with E-state index in [-0.39, 0.29) is 5.92 Å². The molecule has 0 saturated carbocycles. The van der Waals surface area contributed by atoms with Gasteiger partial charge >= 0.3 is 5.97 Å². The van der Waals surface area contributed by atoms with Crippen LogP contribution in [0.15, 0.2) is 34.0 Å². The molecule has 1 aromatic heterocycles. The summed E-state index contributed by atoms with van der Waals surface area (Å²) in [4.78, 5) is 14.1. The summed E-state index contributed by atoms with van der Waals surface area (Å²) in [6.07, 6.45) is 4.85. The van der Waals surface area contributed by atoms with Gasteiger partial charge in [-0.05, 0) is 86.6 Å². The molecule has 2 aromatic rings. The van der Waals surface area contributed by atoms with Crippen LogP contribution in [-0.2, 0) is 11.2 Å². The number of thiophene rings is 1. The zero-order chi connectivity index (χ0) is 26.0. The van der Waals surface area contributed by atoms with Crippen molar-refractivity contribution in [1.29, 1.82) is 0 Å². The molecule has 0 aliphatic carbocycles. The predicted molar refractivity (Wildman–Crippen MR) is 152 cm³/mol. The van der Waals surface area contributed by atoms with Crippen molar-refractivity contribution in [2.45, 2.75) is 83.1 Å². The molecule has 6 heteroatoms. The smallest absolute Gasteiger partial charge is 0.306 e. The Bertz CT molecular complexity index is 1120. The fourth-order valence-electron chi connectivity index (χ4n) is 5.50. The molecule has 196 valence electrons. The second kappa shape index (κ2) is 11.6. The van der Waals surface area contributed by atoms with E-state index in [0.29, 0.717) is 17.1 Å². The van der Waals surface area contributed by atoms with E-state index in [1.165, 1.54) is 32.2 Å². The molecule has 2 aliphatic heterocycles. The van der Waals surface area contributed by atoms with Crippen molar-refractivity contribution >= 4 is 34.8 Å². The van der Waals surface area contributed by atoms with E-state index in [1.54, 1.807) is 11.3 Å². The minimum atomic E-state index is -0.678. The minimum absolute atomic E-state index is 0.288. The van der Waals surface area contributed by atoms with Crippen LogP contribution in [0, 0.1) is 24.7 Å². The molecule has 0 bridgehead atoms. The fourth-order valence-corrected chi connectivity index (χ4v) is 7.90. The zero-order valence-corrected chi connectivity index (χ0v) is 24.2. The SMILES string of the molecule is CC1=C(N2CCC(C)C(CC(C)C(=O)O)CC2)c2cc(SC(C)C)sc2Oc2cc(C)ccc2CC1. The highest BCUT2D eigenvalue weighted by Crippen LogP contribution is 2.47. The molecule has 4 rings (SSSR count). The number of nitrogens with zero attached hydrogens (tertiary/aromatic N) is 1. The molecule has 1 N–H and O–H groups in total. The summed E-state index contributed by atoms with van der Waals surface area (Å²) in [7, 11) is 0. The second-order valence-corrected chi connectivity index (χ2v) is 13.9. The number of carbonyl (C=O) groups is 1. The Morgan fingerprint density at radius 1 is 1.17 bits per heavy atom. The number of hydrogen-bond donors (Lipinski definition) is 1. The van der Waals surface area contributed by atoms with Gasteiger partial charge in [-0.3, -0.25) is 4.79 Å². The second-order valence-electron chi connectivity index (χ2n) is 11.1. The highest BCUT2D eigenvalue weighted by atomic mass is 32.2. The van der Waals surface area contributed by atoms with Crippen molar-refractivity contribution in [1.82, 2.24) is 4.90 Å². The van der Waals surface area contributed by atoms with Crippen LogP contribution in [0.3, 0.4) is 0 Å². The molecule has 2 aliphatic rings. The van der Waals surface area contributed by atoms with Crippen molar-refractivity contribution in [2.75, 3.05) is 13.1 Å². The largest absolute Gasteiger partial charge is 0.481 e. The first kappa shape index (κ1) is 27.1. The molecule has 3 atom stereocenters. The maximum Gasteiger partial charge on any atom is 0.306 e. The van der Waals surface area contributed by atoms with E-state index in [0.717, 1.165) is 56.0 Å². The van der Waals surface area contributed by atoms with E-state index in [1.807, 2.05) is 18.7 Å². The molecular formula is C30H41NO3S2. The first-order valence-corrected chi connectivity index (χ1v) is 15.1. The average molecular weight is 528 g/mol. The number of ether oxygens (including phenoxy) is 1. The number of aliphatic carboxylic acids is 1. The maximum atomic E-state index is 11.5. The molecule has 0 spiro atoms. The number of aryl methyl sites for hydroxylation is 2. The average Bonchev–Trinajstić information content (AvgIpc) is 3.10. The summed E-state index contributed by atoms with van der Waals surface area (Å²) >= 11 is 3.67.